The van der Waals surface area contributed by atoms with E-state index in [0.717, 1.165) is 55.4 Å². The van der Waals surface area contributed by atoms with Crippen LogP contribution in [0.2, 0.25) is 0 Å². The lowest BCUT2D eigenvalue weighted by Crippen LogP contribution is -2.42. The summed E-state index contributed by atoms with van der Waals surface area (Å²) in [6, 6.07) is 12.9. The van der Waals surface area contributed by atoms with Crippen LogP contribution in [0.25, 0.3) is 10.2 Å². The van der Waals surface area contributed by atoms with Gasteiger partial charge in [-0.15, -0.1) is 0 Å². The first-order chi connectivity index (χ1) is 13.3. The Kier molecular flexibility index (Phi) is 4.67. The van der Waals surface area contributed by atoms with Gasteiger partial charge < -0.3 is 14.8 Å². The Morgan fingerprint density at radius 1 is 1.07 bits per heavy atom. The van der Waals surface area contributed by atoms with Crippen molar-refractivity contribution in [1.29, 1.82) is 0 Å². The molecule has 0 unspecified atom stereocenters. The standard InChI is InChI=1S/C21H23N3O2S/c1-2-6-19-18(5-1)24-21(27-19)23-15-12-16(13-15)26-20-17(4-3-9-22-20)14-7-10-25-11-8-14/h1-6,9,14-16H,7-8,10-13H2,(H,23,24). The molecule has 1 N–H and O–H groups in total. The van der Waals surface area contributed by atoms with E-state index in [1.165, 1.54) is 10.3 Å². The first kappa shape index (κ1) is 17.0. The minimum absolute atomic E-state index is 0.227. The Hall–Kier alpha value is -2.18. The number of hydrogen-bond donors (Lipinski definition) is 1. The van der Waals surface area contributed by atoms with Gasteiger partial charge >= 0.3 is 0 Å². The lowest BCUT2D eigenvalue weighted by atomic mass is 9.89. The van der Waals surface area contributed by atoms with Crippen LogP contribution in [0.3, 0.4) is 0 Å². The van der Waals surface area contributed by atoms with Crippen molar-refractivity contribution in [3.8, 4) is 5.88 Å². The SMILES string of the molecule is c1cnc(OC2CC(Nc3nc4ccccc4s3)C2)c(C2CCOCC2)c1. The second-order valence-corrected chi connectivity index (χ2v) is 8.35. The third-order valence-corrected chi connectivity index (χ3v) is 6.42. The highest BCUT2D eigenvalue weighted by molar-refractivity contribution is 7.22. The third-order valence-electron chi connectivity index (χ3n) is 5.46. The zero-order valence-corrected chi connectivity index (χ0v) is 16.0. The van der Waals surface area contributed by atoms with Gasteiger partial charge in [0.2, 0.25) is 5.88 Å². The number of rotatable bonds is 5. The van der Waals surface area contributed by atoms with Gasteiger partial charge in [-0.2, -0.15) is 0 Å². The zero-order valence-electron chi connectivity index (χ0n) is 15.1. The van der Waals surface area contributed by atoms with E-state index in [0.29, 0.717) is 12.0 Å². The summed E-state index contributed by atoms with van der Waals surface area (Å²) in [5.41, 5.74) is 2.30. The Balaban J connectivity index is 1.19. The first-order valence-corrected chi connectivity index (χ1v) is 10.5. The monoisotopic (exact) mass is 381 g/mol. The second-order valence-electron chi connectivity index (χ2n) is 7.32. The van der Waals surface area contributed by atoms with Crippen LogP contribution in [0, 0.1) is 0 Å². The maximum absolute atomic E-state index is 6.25. The number of benzene rings is 1. The van der Waals surface area contributed by atoms with Crippen molar-refractivity contribution in [1.82, 2.24) is 9.97 Å². The molecule has 6 heteroatoms. The van der Waals surface area contributed by atoms with Gasteiger partial charge in [0.1, 0.15) is 6.10 Å². The molecule has 3 heterocycles. The Labute approximate surface area is 162 Å². The topological polar surface area (TPSA) is 56.3 Å². The molecule has 1 aliphatic carbocycles. The molecule has 0 radical (unpaired) electrons. The van der Waals surface area contributed by atoms with Crippen LogP contribution < -0.4 is 10.1 Å². The Bertz CT molecular complexity index is 883. The maximum atomic E-state index is 6.25. The molecule has 2 fully saturated rings. The van der Waals surface area contributed by atoms with Gasteiger partial charge in [-0.25, -0.2) is 9.97 Å². The highest BCUT2D eigenvalue weighted by atomic mass is 32.1. The van der Waals surface area contributed by atoms with Crippen LogP contribution in [-0.2, 0) is 4.74 Å². The van der Waals surface area contributed by atoms with Crippen molar-refractivity contribution in [2.75, 3.05) is 18.5 Å². The third kappa shape index (κ3) is 3.64. The van der Waals surface area contributed by atoms with E-state index < -0.39 is 0 Å². The molecule has 140 valence electrons. The van der Waals surface area contributed by atoms with Gasteiger partial charge in [-0.3, -0.25) is 0 Å². The number of ether oxygens (including phenoxy) is 2. The second kappa shape index (κ2) is 7.44. The van der Waals surface area contributed by atoms with Crippen LogP contribution in [-0.4, -0.2) is 35.3 Å². The zero-order chi connectivity index (χ0) is 18.1. The molecular weight excluding hydrogens is 358 g/mol. The van der Waals surface area contributed by atoms with Crippen LogP contribution >= 0.6 is 11.3 Å². The number of para-hydroxylation sites is 1. The summed E-state index contributed by atoms with van der Waals surface area (Å²) in [6.45, 7) is 1.66. The molecular formula is C21H23N3O2S. The predicted octanol–water partition coefficient (Wildman–Crippen LogP) is 4.61. The van der Waals surface area contributed by atoms with Gasteiger partial charge in [-0.1, -0.05) is 29.5 Å². The number of anilines is 1. The Morgan fingerprint density at radius 2 is 1.93 bits per heavy atom. The van der Waals surface area contributed by atoms with E-state index in [1.54, 1.807) is 11.3 Å². The van der Waals surface area contributed by atoms with E-state index in [-0.39, 0.29) is 6.10 Å². The molecule has 1 saturated heterocycles. The molecule has 0 spiro atoms. The van der Waals surface area contributed by atoms with E-state index in [1.807, 2.05) is 18.3 Å². The highest BCUT2D eigenvalue weighted by Gasteiger charge is 2.33. The molecule has 0 atom stereocenters. The highest BCUT2D eigenvalue weighted by Crippen LogP contribution is 2.36. The molecule has 5 rings (SSSR count). The molecule has 2 aliphatic rings. The smallest absolute Gasteiger partial charge is 0.217 e. The summed E-state index contributed by atoms with van der Waals surface area (Å²) in [7, 11) is 0. The van der Waals surface area contributed by atoms with Crippen LogP contribution in [0.1, 0.15) is 37.2 Å². The lowest BCUT2D eigenvalue weighted by molar-refractivity contribution is 0.0794. The van der Waals surface area contributed by atoms with Crippen LogP contribution in [0.4, 0.5) is 5.13 Å². The largest absolute Gasteiger partial charge is 0.474 e. The van der Waals surface area contributed by atoms with Crippen molar-refractivity contribution in [3.05, 3.63) is 48.2 Å². The number of nitrogens with one attached hydrogen (secondary N) is 1. The molecule has 27 heavy (non-hydrogen) atoms. The molecule has 1 aliphatic heterocycles. The van der Waals surface area contributed by atoms with Crippen LogP contribution in [0.5, 0.6) is 5.88 Å². The number of nitrogens with zero attached hydrogens (tertiary/aromatic N) is 2. The lowest BCUT2D eigenvalue weighted by Gasteiger charge is -2.36. The normalized spacial score (nSPS) is 23.1. The van der Waals surface area contributed by atoms with E-state index in [2.05, 4.69) is 39.6 Å². The first-order valence-electron chi connectivity index (χ1n) is 9.66. The van der Waals surface area contributed by atoms with Gasteiger partial charge in [0.25, 0.3) is 0 Å². The number of pyridine rings is 1. The summed E-state index contributed by atoms with van der Waals surface area (Å²) in [6.07, 6.45) is 6.13. The fourth-order valence-corrected chi connectivity index (χ4v) is 4.81. The van der Waals surface area contributed by atoms with Gasteiger partial charge in [0.15, 0.2) is 5.13 Å². The maximum Gasteiger partial charge on any atom is 0.217 e. The number of fused-ring (bicyclic) bond motifs is 1. The van der Waals surface area contributed by atoms with Gasteiger partial charge in [0, 0.05) is 43.9 Å². The summed E-state index contributed by atoms with van der Waals surface area (Å²) in [4.78, 5) is 9.18. The minimum atomic E-state index is 0.227. The minimum Gasteiger partial charge on any atom is -0.474 e. The summed E-state index contributed by atoms with van der Waals surface area (Å²) < 4.78 is 13.0. The number of aromatic nitrogens is 2. The molecule has 5 nitrogen and oxygen atoms in total. The van der Waals surface area contributed by atoms with Gasteiger partial charge in [0.05, 0.1) is 10.2 Å². The quantitative estimate of drug-likeness (QED) is 0.700. The number of hydrogen-bond acceptors (Lipinski definition) is 6. The van der Waals surface area contributed by atoms with Crippen molar-refractivity contribution < 1.29 is 9.47 Å². The fourth-order valence-electron chi connectivity index (χ4n) is 3.87. The summed E-state index contributed by atoms with van der Waals surface area (Å²) >= 11 is 1.71. The van der Waals surface area contributed by atoms with Crippen molar-refractivity contribution >= 4 is 26.7 Å². The van der Waals surface area contributed by atoms with Crippen molar-refractivity contribution in [2.45, 2.75) is 43.7 Å². The summed E-state index contributed by atoms with van der Waals surface area (Å²) in [5.74, 6) is 1.31. The average molecular weight is 382 g/mol. The van der Waals surface area contributed by atoms with Crippen molar-refractivity contribution in [3.63, 3.8) is 0 Å². The molecule has 3 aromatic rings. The Morgan fingerprint density at radius 3 is 2.78 bits per heavy atom. The molecule has 2 aromatic heterocycles. The molecule has 0 amide bonds. The molecule has 1 saturated carbocycles. The fraction of sp³-hybridized carbons (Fsp3) is 0.429. The van der Waals surface area contributed by atoms with Gasteiger partial charge in [-0.05, 0) is 37.0 Å². The van der Waals surface area contributed by atoms with E-state index in [4.69, 9.17) is 9.47 Å². The molecule has 1 aromatic carbocycles. The van der Waals surface area contributed by atoms with Crippen LogP contribution in [0.15, 0.2) is 42.6 Å². The average Bonchev–Trinajstić information content (AvgIpc) is 3.10. The van der Waals surface area contributed by atoms with E-state index >= 15 is 0 Å². The van der Waals surface area contributed by atoms with E-state index in [9.17, 15) is 0 Å². The summed E-state index contributed by atoms with van der Waals surface area (Å²) in [5, 5.41) is 4.55. The number of thiazole rings is 1. The predicted molar refractivity (Wildman–Crippen MR) is 108 cm³/mol. The molecule has 0 bridgehead atoms. The van der Waals surface area contributed by atoms with Crippen molar-refractivity contribution in [2.24, 2.45) is 0 Å².